The highest BCUT2D eigenvalue weighted by molar-refractivity contribution is 7.92. The third-order valence-corrected chi connectivity index (χ3v) is 8.04. The van der Waals surface area contributed by atoms with Gasteiger partial charge in [0.05, 0.1) is 43.6 Å². The predicted molar refractivity (Wildman–Crippen MR) is 154 cm³/mol. The minimum atomic E-state index is -4.14. The van der Waals surface area contributed by atoms with E-state index < -0.39 is 22.5 Å². The molecule has 0 radical (unpaired) electrons. The summed E-state index contributed by atoms with van der Waals surface area (Å²) < 4.78 is 44.1. The summed E-state index contributed by atoms with van der Waals surface area (Å²) in [6, 6.07) is 18.0. The maximum atomic E-state index is 13.6. The van der Waals surface area contributed by atoms with Crippen LogP contribution in [0.1, 0.15) is 11.1 Å². The van der Waals surface area contributed by atoms with Crippen molar-refractivity contribution >= 4 is 50.3 Å². The maximum Gasteiger partial charge on any atom is 0.264 e. The SMILES string of the molecule is COc1ccc2cc(/C=N/NC(=O)CN(c3ccc(OC)c(OC)c3)S(=O)(=O)c3ccc(C)cc3)c(Cl)nc2c1. The lowest BCUT2D eigenvalue weighted by molar-refractivity contribution is -0.119. The average molecular weight is 583 g/mol. The number of fused-ring (bicyclic) bond motifs is 1. The number of halogens is 1. The number of amides is 1. The van der Waals surface area contributed by atoms with Crippen molar-refractivity contribution in [3.63, 3.8) is 0 Å². The Labute approximate surface area is 237 Å². The first kappa shape index (κ1) is 28.7. The Balaban J connectivity index is 1.60. The summed E-state index contributed by atoms with van der Waals surface area (Å²) in [6.45, 7) is 1.29. The van der Waals surface area contributed by atoms with Gasteiger partial charge in [-0.1, -0.05) is 29.3 Å². The zero-order valence-electron chi connectivity index (χ0n) is 22.2. The number of ether oxygens (including phenoxy) is 3. The molecule has 0 aliphatic heterocycles. The number of aromatic nitrogens is 1. The number of hydrogen-bond donors (Lipinski definition) is 1. The summed E-state index contributed by atoms with van der Waals surface area (Å²) >= 11 is 6.30. The molecule has 0 bridgehead atoms. The van der Waals surface area contributed by atoms with E-state index in [1.165, 1.54) is 44.7 Å². The maximum absolute atomic E-state index is 13.6. The molecule has 12 heteroatoms. The van der Waals surface area contributed by atoms with Gasteiger partial charge in [0.15, 0.2) is 11.5 Å². The smallest absolute Gasteiger partial charge is 0.264 e. The molecule has 4 rings (SSSR count). The number of nitrogens with one attached hydrogen (secondary N) is 1. The number of nitrogens with zero attached hydrogens (tertiary/aromatic N) is 3. The van der Waals surface area contributed by atoms with Gasteiger partial charge in [-0.15, -0.1) is 0 Å². The zero-order valence-corrected chi connectivity index (χ0v) is 23.8. The molecule has 0 unspecified atom stereocenters. The van der Waals surface area contributed by atoms with Gasteiger partial charge < -0.3 is 14.2 Å². The van der Waals surface area contributed by atoms with Crippen LogP contribution in [0.15, 0.2) is 76.7 Å². The van der Waals surface area contributed by atoms with E-state index in [0.29, 0.717) is 28.3 Å². The van der Waals surface area contributed by atoms with Gasteiger partial charge in [0, 0.05) is 23.1 Å². The highest BCUT2D eigenvalue weighted by Gasteiger charge is 2.28. The lowest BCUT2D eigenvalue weighted by atomic mass is 10.1. The molecule has 0 aliphatic carbocycles. The highest BCUT2D eigenvalue weighted by Crippen LogP contribution is 2.34. The summed E-state index contributed by atoms with van der Waals surface area (Å²) in [5.74, 6) is 0.673. The minimum Gasteiger partial charge on any atom is -0.497 e. The van der Waals surface area contributed by atoms with E-state index in [0.717, 1.165) is 15.3 Å². The molecule has 0 spiro atoms. The lowest BCUT2D eigenvalue weighted by Crippen LogP contribution is -2.39. The van der Waals surface area contributed by atoms with E-state index in [9.17, 15) is 13.2 Å². The Morgan fingerprint density at radius 3 is 2.38 bits per heavy atom. The molecule has 1 heterocycles. The molecule has 0 fully saturated rings. The molecule has 40 heavy (non-hydrogen) atoms. The Hall–Kier alpha value is -4.35. The minimum absolute atomic E-state index is 0.0230. The van der Waals surface area contributed by atoms with Crippen LogP contribution >= 0.6 is 11.6 Å². The van der Waals surface area contributed by atoms with Gasteiger partial charge in [0.25, 0.3) is 15.9 Å². The van der Waals surface area contributed by atoms with Gasteiger partial charge in [-0.3, -0.25) is 9.10 Å². The van der Waals surface area contributed by atoms with Crippen LogP contribution in [0, 0.1) is 6.92 Å². The number of methoxy groups -OCH3 is 3. The number of hydrazone groups is 1. The summed E-state index contributed by atoms with van der Waals surface area (Å²) in [5.41, 5.74) is 4.57. The highest BCUT2D eigenvalue weighted by atomic mass is 35.5. The quantitative estimate of drug-likeness (QED) is 0.165. The van der Waals surface area contributed by atoms with Crippen LogP contribution in [0.25, 0.3) is 10.9 Å². The number of pyridine rings is 1. The second-order valence-corrected chi connectivity index (χ2v) is 10.8. The van der Waals surface area contributed by atoms with Crippen molar-refractivity contribution in [2.75, 3.05) is 32.2 Å². The molecular formula is C28H27ClN4O6S. The summed E-state index contributed by atoms with van der Waals surface area (Å²) in [6.07, 6.45) is 1.34. The van der Waals surface area contributed by atoms with Crippen LogP contribution in [0.3, 0.4) is 0 Å². The van der Waals surface area contributed by atoms with Crippen molar-refractivity contribution in [3.05, 3.63) is 83.0 Å². The van der Waals surface area contributed by atoms with Gasteiger partial charge in [-0.05, 0) is 49.4 Å². The molecule has 3 aromatic carbocycles. The second kappa shape index (κ2) is 12.2. The number of carbonyl (C=O) groups excluding carboxylic acids is 1. The average Bonchev–Trinajstić information content (AvgIpc) is 2.95. The van der Waals surface area contributed by atoms with Crippen LogP contribution in [0.4, 0.5) is 5.69 Å². The van der Waals surface area contributed by atoms with E-state index in [1.54, 1.807) is 43.5 Å². The third-order valence-electron chi connectivity index (χ3n) is 5.95. The van der Waals surface area contributed by atoms with E-state index in [2.05, 4.69) is 15.5 Å². The fourth-order valence-corrected chi connectivity index (χ4v) is 5.44. The zero-order chi connectivity index (χ0) is 28.9. The second-order valence-electron chi connectivity index (χ2n) is 8.58. The van der Waals surface area contributed by atoms with Gasteiger partial charge in [-0.2, -0.15) is 5.10 Å². The number of sulfonamides is 1. The van der Waals surface area contributed by atoms with Crippen molar-refractivity contribution in [2.45, 2.75) is 11.8 Å². The van der Waals surface area contributed by atoms with Crippen LogP contribution < -0.4 is 23.9 Å². The molecular weight excluding hydrogens is 556 g/mol. The Bertz CT molecular complexity index is 1680. The topological polar surface area (TPSA) is 119 Å². The van der Waals surface area contributed by atoms with Gasteiger partial charge >= 0.3 is 0 Å². The Morgan fingerprint density at radius 2 is 1.70 bits per heavy atom. The first-order valence-electron chi connectivity index (χ1n) is 11.9. The first-order valence-corrected chi connectivity index (χ1v) is 13.8. The summed E-state index contributed by atoms with van der Waals surface area (Å²) in [4.78, 5) is 17.3. The standard InChI is InChI=1S/C28H27ClN4O6S/c1-18-5-10-23(11-6-18)40(35,36)33(21-8-12-25(38-3)26(14-21)39-4)17-27(34)32-30-16-20-13-19-7-9-22(37-2)15-24(19)31-28(20)29/h5-16H,17H2,1-4H3,(H,32,34)/b30-16+. The van der Waals surface area contributed by atoms with Crippen molar-refractivity contribution in [1.29, 1.82) is 0 Å². The van der Waals surface area contributed by atoms with Crippen LogP contribution in [0.5, 0.6) is 17.2 Å². The van der Waals surface area contributed by atoms with E-state index in [4.69, 9.17) is 25.8 Å². The van der Waals surface area contributed by atoms with Crippen LogP contribution in [-0.2, 0) is 14.8 Å². The molecule has 0 saturated carbocycles. The first-order chi connectivity index (χ1) is 19.2. The Morgan fingerprint density at radius 1 is 0.975 bits per heavy atom. The largest absolute Gasteiger partial charge is 0.497 e. The Kier molecular flexibility index (Phi) is 8.76. The van der Waals surface area contributed by atoms with E-state index in [1.807, 2.05) is 13.0 Å². The van der Waals surface area contributed by atoms with Crippen LogP contribution in [-0.4, -0.2) is 53.4 Å². The monoisotopic (exact) mass is 582 g/mol. The molecule has 0 aliphatic rings. The fourth-order valence-electron chi connectivity index (χ4n) is 3.83. The van der Waals surface area contributed by atoms with E-state index in [-0.39, 0.29) is 15.7 Å². The molecule has 208 valence electrons. The number of anilines is 1. The van der Waals surface area contributed by atoms with Gasteiger partial charge in [0.2, 0.25) is 0 Å². The van der Waals surface area contributed by atoms with Crippen molar-refractivity contribution < 1.29 is 27.4 Å². The number of hydrogen-bond acceptors (Lipinski definition) is 8. The molecule has 1 N–H and O–H groups in total. The molecule has 10 nitrogen and oxygen atoms in total. The normalized spacial score (nSPS) is 11.4. The molecule has 0 saturated heterocycles. The fraction of sp³-hybridized carbons (Fsp3) is 0.179. The van der Waals surface area contributed by atoms with Crippen molar-refractivity contribution in [3.8, 4) is 17.2 Å². The molecule has 1 aromatic heterocycles. The lowest BCUT2D eigenvalue weighted by Gasteiger charge is -2.24. The number of benzene rings is 3. The number of aryl methyl sites for hydroxylation is 1. The number of rotatable bonds is 10. The summed E-state index contributed by atoms with van der Waals surface area (Å²) in [7, 11) is 0.325. The van der Waals surface area contributed by atoms with Crippen molar-refractivity contribution in [2.24, 2.45) is 5.10 Å². The van der Waals surface area contributed by atoms with E-state index >= 15 is 0 Å². The predicted octanol–water partition coefficient (Wildman–Crippen LogP) is 4.57. The third kappa shape index (κ3) is 6.27. The molecule has 1 amide bonds. The van der Waals surface area contributed by atoms with Crippen molar-refractivity contribution in [1.82, 2.24) is 10.4 Å². The van der Waals surface area contributed by atoms with Gasteiger partial charge in [-0.25, -0.2) is 18.8 Å². The summed E-state index contributed by atoms with van der Waals surface area (Å²) in [5, 5.41) is 4.94. The molecule has 0 atom stereocenters. The van der Waals surface area contributed by atoms with Crippen LogP contribution in [0.2, 0.25) is 5.15 Å². The molecule has 4 aromatic rings. The van der Waals surface area contributed by atoms with Gasteiger partial charge in [0.1, 0.15) is 17.4 Å². The number of carbonyl (C=O) groups is 1.